The molecule has 5 nitrogen and oxygen atoms in total. The van der Waals surface area contributed by atoms with Crippen molar-refractivity contribution < 1.29 is 4.79 Å². The van der Waals surface area contributed by atoms with E-state index in [9.17, 15) is 4.79 Å². The first-order valence-electron chi connectivity index (χ1n) is 4.02. The van der Waals surface area contributed by atoms with Crippen molar-refractivity contribution in [2.75, 3.05) is 0 Å². The molecule has 0 aliphatic rings. The van der Waals surface area contributed by atoms with E-state index in [0.717, 1.165) is 0 Å². The largest absolute Gasteiger partial charge is 0.366 e. The number of nitrogens with zero attached hydrogens (tertiary/aromatic N) is 2. The van der Waals surface area contributed by atoms with E-state index in [1.807, 2.05) is 6.07 Å². The zero-order valence-electron chi connectivity index (χ0n) is 7.47. The van der Waals surface area contributed by atoms with Gasteiger partial charge in [0.25, 0.3) is 0 Å². The minimum atomic E-state index is -0.552. The number of rotatable bonds is 3. The number of pyridine rings is 1. The maximum atomic E-state index is 10.8. The van der Waals surface area contributed by atoms with Crippen LogP contribution in [0.5, 0.6) is 0 Å². The predicted octanol–water partition coefficient (Wildman–Crippen LogP) is 0.0940. The summed E-state index contributed by atoms with van der Waals surface area (Å²) in [5.41, 5.74) is 11.7. The SMILES string of the molecule is N#CC[C@@H](N)c1cncc(C(N)=O)c1. The molecule has 1 rings (SSSR count). The molecule has 0 saturated heterocycles. The van der Waals surface area contributed by atoms with E-state index in [4.69, 9.17) is 16.7 Å². The molecular weight excluding hydrogens is 180 g/mol. The average molecular weight is 190 g/mol. The van der Waals surface area contributed by atoms with Crippen molar-refractivity contribution in [3.8, 4) is 6.07 Å². The van der Waals surface area contributed by atoms with Gasteiger partial charge < -0.3 is 11.5 Å². The molecule has 0 unspecified atom stereocenters. The Bertz CT molecular complexity index is 383. The van der Waals surface area contributed by atoms with Crippen molar-refractivity contribution in [3.05, 3.63) is 29.6 Å². The van der Waals surface area contributed by atoms with E-state index < -0.39 is 11.9 Å². The van der Waals surface area contributed by atoms with Gasteiger partial charge in [0.2, 0.25) is 5.91 Å². The molecule has 4 N–H and O–H groups in total. The third-order valence-corrected chi connectivity index (χ3v) is 1.78. The third kappa shape index (κ3) is 2.28. The molecule has 5 heteroatoms. The second kappa shape index (κ2) is 4.35. The summed E-state index contributed by atoms with van der Waals surface area (Å²) in [6.07, 6.45) is 3.07. The van der Waals surface area contributed by atoms with Gasteiger partial charge in [0.05, 0.1) is 18.1 Å². The standard InChI is InChI=1S/C9H10N4O/c10-2-1-8(11)6-3-7(9(12)14)5-13-4-6/h3-5,8H,1,11H2,(H2,12,14)/t8-/m1/s1. The number of hydrogen-bond donors (Lipinski definition) is 2. The molecule has 1 heterocycles. The predicted molar refractivity (Wildman–Crippen MR) is 49.9 cm³/mol. The molecule has 0 aromatic carbocycles. The second-order valence-corrected chi connectivity index (χ2v) is 2.84. The molecule has 0 aliphatic carbocycles. The molecule has 1 aromatic rings. The van der Waals surface area contributed by atoms with E-state index in [2.05, 4.69) is 4.98 Å². The number of carbonyl (C=O) groups is 1. The molecule has 0 aliphatic heterocycles. The molecule has 1 aromatic heterocycles. The summed E-state index contributed by atoms with van der Waals surface area (Å²) in [6.45, 7) is 0. The molecule has 0 radical (unpaired) electrons. The van der Waals surface area contributed by atoms with E-state index >= 15 is 0 Å². The molecule has 72 valence electrons. The van der Waals surface area contributed by atoms with Crippen molar-refractivity contribution in [3.63, 3.8) is 0 Å². The number of carbonyl (C=O) groups excluding carboxylic acids is 1. The van der Waals surface area contributed by atoms with Crippen molar-refractivity contribution in [2.24, 2.45) is 11.5 Å². The first-order chi connectivity index (χ1) is 6.65. The monoisotopic (exact) mass is 190 g/mol. The van der Waals surface area contributed by atoms with Gasteiger partial charge in [-0.2, -0.15) is 5.26 Å². The smallest absolute Gasteiger partial charge is 0.250 e. The van der Waals surface area contributed by atoms with Crippen molar-refractivity contribution in [2.45, 2.75) is 12.5 Å². The van der Waals surface area contributed by atoms with Gasteiger partial charge in [-0.3, -0.25) is 9.78 Å². The first kappa shape index (κ1) is 10.2. The lowest BCUT2D eigenvalue weighted by atomic mass is 10.1. The minimum absolute atomic E-state index is 0.184. The zero-order valence-corrected chi connectivity index (χ0v) is 7.47. The Kier molecular flexibility index (Phi) is 3.15. The highest BCUT2D eigenvalue weighted by Crippen LogP contribution is 2.13. The van der Waals surface area contributed by atoms with Gasteiger partial charge in [-0.1, -0.05) is 0 Å². The molecule has 1 amide bonds. The van der Waals surface area contributed by atoms with E-state index in [1.165, 1.54) is 12.4 Å². The number of amides is 1. The Hall–Kier alpha value is -1.93. The van der Waals surface area contributed by atoms with Crippen LogP contribution in [0.25, 0.3) is 0 Å². The number of hydrogen-bond acceptors (Lipinski definition) is 4. The molecule has 0 spiro atoms. The first-order valence-corrected chi connectivity index (χ1v) is 4.02. The highest BCUT2D eigenvalue weighted by atomic mass is 16.1. The lowest BCUT2D eigenvalue weighted by Crippen LogP contribution is -2.14. The number of primary amides is 1. The van der Waals surface area contributed by atoms with Gasteiger partial charge in [-0.05, 0) is 11.6 Å². The highest BCUT2D eigenvalue weighted by Gasteiger charge is 2.08. The molecule has 1 atom stereocenters. The Morgan fingerprint density at radius 2 is 2.36 bits per heavy atom. The van der Waals surface area contributed by atoms with E-state index in [0.29, 0.717) is 11.1 Å². The number of aromatic nitrogens is 1. The maximum Gasteiger partial charge on any atom is 0.250 e. The van der Waals surface area contributed by atoms with Crippen LogP contribution in [0.4, 0.5) is 0 Å². The fourth-order valence-electron chi connectivity index (χ4n) is 1.01. The molecule has 0 fully saturated rings. The summed E-state index contributed by atoms with van der Waals surface area (Å²) >= 11 is 0. The maximum absolute atomic E-state index is 10.8. The van der Waals surface area contributed by atoms with Crippen molar-refractivity contribution in [1.82, 2.24) is 4.98 Å². The Balaban J connectivity index is 2.94. The van der Waals surface area contributed by atoms with Crippen molar-refractivity contribution in [1.29, 1.82) is 5.26 Å². The lowest BCUT2D eigenvalue weighted by molar-refractivity contribution is 0.1000. The van der Waals surface area contributed by atoms with E-state index in [1.54, 1.807) is 6.07 Å². The van der Waals surface area contributed by atoms with Gasteiger partial charge in [-0.15, -0.1) is 0 Å². The second-order valence-electron chi connectivity index (χ2n) is 2.84. The van der Waals surface area contributed by atoms with Gasteiger partial charge in [0, 0.05) is 18.4 Å². The van der Waals surface area contributed by atoms with Crippen LogP contribution in [0, 0.1) is 11.3 Å². The van der Waals surface area contributed by atoms with E-state index in [-0.39, 0.29) is 6.42 Å². The Morgan fingerprint density at radius 1 is 1.64 bits per heavy atom. The van der Waals surface area contributed by atoms with Gasteiger partial charge in [-0.25, -0.2) is 0 Å². The van der Waals surface area contributed by atoms with Crippen LogP contribution in [-0.4, -0.2) is 10.9 Å². The average Bonchev–Trinajstić information content (AvgIpc) is 2.18. The quantitative estimate of drug-likeness (QED) is 0.704. The van der Waals surface area contributed by atoms with Gasteiger partial charge >= 0.3 is 0 Å². The summed E-state index contributed by atoms with van der Waals surface area (Å²) in [5.74, 6) is -0.552. The summed E-state index contributed by atoms with van der Waals surface area (Å²) in [7, 11) is 0. The van der Waals surface area contributed by atoms with Crippen molar-refractivity contribution >= 4 is 5.91 Å². The van der Waals surface area contributed by atoms with Crippen LogP contribution in [0.15, 0.2) is 18.5 Å². The third-order valence-electron chi connectivity index (χ3n) is 1.78. The fourth-order valence-corrected chi connectivity index (χ4v) is 1.01. The molecule has 0 saturated carbocycles. The van der Waals surface area contributed by atoms with Crippen LogP contribution in [0.3, 0.4) is 0 Å². The molecule has 0 bridgehead atoms. The fraction of sp³-hybridized carbons (Fsp3) is 0.222. The Labute approximate surface area is 81.3 Å². The molecule has 14 heavy (non-hydrogen) atoms. The summed E-state index contributed by atoms with van der Waals surface area (Å²) in [5, 5.41) is 8.43. The normalized spacial score (nSPS) is 11.7. The highest BCUT2D eigenvalue weighted by molar-refractivity contribution is 5.92. The van der Waals surface area contributed by atoms with Crippen LogP contribution < -0.4 is 11.5 Å². The summed E-state index contributed by atoms with van der Waals surface area (Å²) < 4.78 is 0. The topological polar surface area (TPSA) is 106 Å². The summed E-state index contributed by atoms with van der Waals surface area (Å²) in [6, 6.07) is 3.07. The molecular formula is C9H10N4O. The number of nitrogens with two attached hydrogens (primary N) is 2. The van der Waals surface area contributed by atoms with Gasteiger partial charge in [0.1, 0.15) is 0 Å². The Morgan fingerprint density at radius 3 is 2.93 bits per heavy atom. The lowest BCUT2D eigenvalue weighted by Gasteiger charge is -2.07. The number of nitriles is 1. The van der Waals surface area contributed by atoms with Crippen LogP contribution >= 0.6 is 0 Å². The minimum Gasteiger partial charge on any atom is -0.366 e. The summed E-state index contributed by atoms with van der Waals surface area (Å²) in [4.78, 5) is 14.6. The zero-order chi connectivity index (χ0) is 10.6. The van der Waals surface area contributed by atoms with Gasteiger partial charge in [0.15, 0.2) is 0 Å². The van der Waals surface area contributed by atoms with Crippen LogP contribution in [-0.2, 0) is 0 Å². The van der Waals surface area contributed by atoms with Crippen LogP contribution in [0.1, 0.15) is 28.4 Å². The van der Waals surface area contributed by atoms with Crippen LogP contribution in [0.2, 0.25) is 0 Å².